The number of sulfonamides is 1. The first-order valence-corrected chi connectivity index (χ1v) is 7.79. The summed E-state index contributed by atoms with van der Waals surface area (Å²) in [6, 6.07) is 8.46. The van der Waals surface area contributed by atoms with E-state index in [1.165, 1.54) is 18.3 Å². The van der Waals surface area contributed by atoms with Crippen LogP contribution in [0.4, 0.5) is 5.69 Å². The van der Waals surface area contributed by atoms with Crippen LogP contribution in [-0.4, -0.2) is 13.4 Å². The number of hydrogen-bond acceptors (Lipinski definition) is 4. The summed E-state index contributed by atoms with van der Waals surface area (Å²) in [6.45, 7) is 5.63. The van der Waals surface area contributed by atoms with Gasteiger partial charge in [0, 0.05) is 6.20 Å². The van der Waals surface area contributed by atoms with Crippen LogP contribution in [0, 0.1) is 32.1 Å². The highest BCUT2D eigenvalue weighted by Gasteiger charge is 2.21. The number of nitriles is 1. The van der Waals surface area contributed by atoms with Gasteiger partial charge in [0.1, 0.15) is 11.0 Å². The van der Waals surface area contributed by atoms with Crippen molar-refractivity contribution < 1.29 is 8.42 Å². The van der Waals surface area contributed by atoms with E-state index in [1.54, 1.807) is 6.07 Å². The Balaban J connectivity index is 2.51. The molecule has 0 unspecified atom stereocenters. The molecule has 5 nitrogen and oxygen atoms in total. The topological polar surface area (TPSA) is 82.8 Å². The zero-order valence-corrected chi connectivity index (χ0v) is 12.8. The SMILES string of the molecule is Cc1cc(C)c(NS(=O)(=O)c2cccnc2C#N)c(C)c1. The van der Waals surface area contributed by atoms with Crippen LogP contribution in [0.1, 0.15) is 22.4 Å². The maximum atomic E-state index is 12.5. The van der Waals surface area contributed by atoms with Crippen molar-refractivity contribution >= 4 is 15.7 Å². The second kappa shape index (κ2) is 5.54. The first-order chi connectivity index (χ1) is 9.85. The van der Waals surface area contributed by atoms with Crippen LogP contribution >= 0.6 is 0 Å². The Bertz CT molecular complexity index is 813. The van der Waals surface area contributed by atoms with Crippen molar-refractivity contribution in [2.24, 2.45) is 0 Å². The lowest BCUT2D eigenvalue weighted by Crippen LogP contribution is -2.16. The van der Waals surface area contributed by atoms with Gasteiger partial charge in [0.25, 0.3) is 10.0 Å². The van der Waals surface area contributed by atoms with Crippen LogP contribution < -0.4 is 4.72 Å². The van der Waals surface area contributed by atoms with Gasteiger partial charge in [-0.1, -0.05) is 17.7 Å². The largest absolute Gasteiger partial charge is 0.279 e. The third-order valence-corrected chi connectivity index (χ3v) is 4.46. The molecule has 1 aromatic heterocycles. The van der Waals surface area contributed by atoms with Crippen molar-refractivity contribution in [1.29, 1.82) is 5.26 Å². The fraction of sp³-hybridized carbons (Fsp3) is 0.200. The fourth-order valence-corrected chi connectivity index (χ4v) is 3.53. The molecule has 0 aliphatic heterocycles. The lowest BCUT2D eigenvalue weighted by molar-refractivity contribution is 0.600. The number of nitrogens with zero attached hydrogens (tertiary/aromatic N) is 2. The fourth-order valence-electron chi connectivity index (χ4n) is 2.22. The lowest BCUT2D eigenvalue weighted by atomic mass is 10.1. The predicted molar refractivity (Wildman–Crippen MR) is 80.4 cm³/mol. The van der Waals surface area contributed by atoms with Crippen molar-refractivity contribution in [2.45, 2.75) is 25.7 Å². The molecule has 0 fully saturated rings. The number of aryl methyl sites for hydroxylation is 3. The third-order valence-electron chi connectivity index (χ3n) is 3.08. The molecule has 6 heteroatoms. The maximum absolute atomic E-state index is 12.5. The average molecular weight is 301 g/mol. The Morgan fingerprint density at radius 3 is 2.38 bits per heavy atom. The molecular weight excluding hydrogens is 286 g/mol. The van der Waals surface area contributed by atoms with E-state index in [-0.39, 0.29) is 10.6 Å². The molecule has 1 N–H and O–H groups in total. The zero-order valence-electron chi connectivity index (χ0n) is 12.0. The number of nitrogens with one attached hydrogen (secondary N) is 1. The highest BCUT2D eigenvalue weighted by atomic mass is 32.2. The highest BCUT2D eigenvalue weighted by Crippen LogP contribution is 2.25. The number of anilines is 1. The van der Waals surface area contributed by atoms with E-state index in [0.717, 1.165) is 16.7 Å². The van der Waals surface area contributed by atoms with Gasteiger partial charge in [0.05, 0.1) is 5.69 Å². The number of benzene rings is 1. The summed E-state index contributed by atoms with van der Waals surface area (Å²) in [5, 5.41) is 8.99. The molecule has 0 aliphatic rings. The molecule has 0 spiro atoms. The summed E-state index contributed by atoms with van der Waals surface area (Å²) in [6.07, 6.45) is 1.39. The molecule has 1 heterocycles. The minimum Gasteiger partial charge on any atom is -0.279 e. The molecule has 108 valence electrons. The minimum absolute atomic E-state index is 0.118. The first-order valence-electron chi connectivity index (χ1n) is 6.31. The Hall–Kier alpha value is -2.39. The van der Waals surface area contributed by atoms with E-state index < -0.39 is 10.0 Å². The molecule has 0 bridgehead atoms. The van der Waals surface area contributed by atoms with Gasteiger partial charge in [-0.05, 0) is 44.0 Å². The normalized spacial score (nSPS) is 11.0. The van der Waals surface area contributed by atoms with Crippen molar-refractivity contribution in [3.05, 3.63) is 52.8 Å². The summed E-state index contributed by atoms with van der Waals surface area (Å²) >= 11 is 0. The molecule has 0 amide bonds. The third kappa shape index (κ3) is 3.03. The Morgan fingerprint density at radius 2 is 1.81 bits per heavy atom. The molecule has 1 aromatic carbocycles. The van der Waals surface area contributed by atoms with Crippen LogP contribution in [0.15, 0.2) is 35.4 Å². The average Bonchev–Trinajstić information content (AvgIpc) is 2.43. The smallest absolute Gasteiger partial charge is 0.264 e. The van der Waals surface area contributed by atoms with Crippen molar-refractivity contribution in [3.8, 4) is 6.07 Å². The number of rotatable bonds is 3. The maximum Gasteiger partial charge on any atom is 0.264 e. The molecular formula is C15H15N3O2S. The van der Waals surface area contributed by atoms with Gasteiger partial charge in [-0.3, -0.25) is 4.72 Å². The van der Waals surface area contributed by atoms with Crippen molar-refractivity contribution in [3.63, 3.8) is 0 Å². The van der Waals surface area contributed by atoms with E-state index >= 15 is 0 Å². The lowest BCUT2D eigenvalue weighted by Gasteiger charge is -2.14. The Labute approximate surface area is 124 Å². The number of hydrogen-bond donors (Lipinski definition) is 1. The summed E-state index contributed by atoms with van der Waals surface area (Å²) in [7, 11) is -3.85. The van der Waals surface area contributed by atoms with Gasteiger partial charge in [-0.25, -0.2) is 13.4 Å². The number of pyridine rings is 1. The summed E-state index contributed by atoms with van der Waals surface area (Å²) < 4.78 is 27.5. The highest BCUT2D eigenvalue weighted by molar-refractivity contribution is 7.92. The van der Waals surface area contributed by atoms with Crippen LogP contribution in [0.2, 0.25) is 0 Å². The molecule has 0 aliphatic carbocycles. The van der Waals surface area contributed by atoms with Gasteiger partial charge in [-0.2, -0.15) is 5.26 Å². The monoisotopic (exact) mass is 301 g/mol. The van der Waals surface area contributed by atoms with Gasteiger partial charge >= 0.3 is 0 Å². The standard InChI is InChI=1S/C15H15N3O2S/c1-10-7-11(2)15(12(3)8-10)18-21(19,20)14-5-4-6-17-13(14)9-16/h4-8,18H,1-3H3. The van der Waals surface area contributed by atoms with E-state index in [0.29, 0.717) is 5.69 Å². The van der Waals surface area contributed by atoms with Gasteiger partial charge in [0.2, 0.25) is 0 Å². The van der Waals surface area contributed by atoms with E-state index in [4.69, 9.17) is 5.26 Å². The van der Waals surface area contributed by atoms with Crippen LogP contribution in [0.5, 0.6) is 0 Å². The second-order valence-corrected chi connectivity index (χ2v) is 6.49. The van der Waals surface area contributed by atoms with Crippen LogP contribution in [-0.2, 0) is 10.0 Å². The molecule has 0 saturated heterocycles. The molecule has 2 aromatic rings. The number of aromatic nitrogens is 1. The summed E-state index contributed by atoms with van der Waals surface area (Å²) in [4.78, 5) is 3.67. The summed E-state index contributed by atoms with van der Waals surface area (Å²) in [5.74, 6) is 0. The van der Waals surface area contributed by atoms with Crippen molar-refractivity contribution in [2.75, 3.05) is 4.72 Å². The molecule has 0 atom stereocenters. The van der Waals surface area contributed by atoms with Gasteiger partial charge in [0.15, 0.2) is 5.69 Å². The van der Waals surface area contributed by atoms with Crippen molar-refractivity contribution in [1.82, 2.24) is 4.98 Å². The predicted octanol–water partition coefficient (Wildman–Crippen LogP) is 2.68. The quantitative estimate of drug-likeness (QED) is 0.944. The molecule has 0 radical (unpaired) electrons. The van der Waals surface area contributed by atoms with Gasteiger partial charge in [-0.15, -0.1) is 0 Å². The van der Waals surface area contributed by atoms with Crippen LogP contribution in [0.3, 0.4) is 0 Å². The molecule has 2 rings (SSSR count). The Kier molecular flexibility index (Phi) is 3.96. The van der Waals surface area contributed by atoms with Crippen LogP contribution in [0.25, 0.3) is 0 Å². The zero-order chi connectivity index (χ0) is 15.6. The molecule has 21 heavy (non-hydrogen) atoms. The first kappa shape index (κ1) is 15.0. The van der Waals surface area contributed by atoms with E-state index in [2.05, 4.69) is 9.71 Å². The Morgan fingerprint density at radius 1 is 1.19 bits per heavy atom. The molecule has 0 saturated carbocycles. The van der Waals surface area contributed by atoms with E-state index in [1.807, 2.05) is 32.9 Å². The minimum atomic E-state index is -3.85. The van der Waals surface area contributed by atoms with Gasteiger partial charge < -0.3 is 0 Å². The summed E-state index contributed by atoms with van der Waals surface area (Å²) in [5.41, 5.74) is 3.14. The second-order valence-electron chi connectivity index (χ2n) is 4.84. The van der Waals surface area contributed by atoms with E-state index in [9.17, 15) is 8.42 Å².